The summed E-state index contributed by atoms with van der Waals surface area (Å²) in [7, 11) is -3.65. The van der Waals surface area contributed by atoms with Gasteiger partial charge in [0.25, 0.3) is 10.0 Å². The predicted octanol–water partition coefficient (Wildman–Crippen LogP) is 2.93. The maximum Gasteiger partial charge on any atom is 0.261 e. The zero-order chi connectivity index (χ0) is 16.9. The molecule has 122 valence electrons. The third-order valence-corrected chi connectivity index (χ3v) is 4.87. The third-order valence-electron chi connectivity index (χ3n) is 3.47. The number of sulfonamides is 1. The number of anilines is 1. The van der Waals surface area contributed by atoms with E-state index in [9.17, 15) is 13.2 Å². The average Bonchev–Trinajstić information content (AvgIpc) is 2.53. The van der Waals surface area contributed by atoms with Gasteiger partial charge >= 0.3 is 0 Å². The molecule has 0 aliphatic heterocycles. The van der Waals surface area contributed by atoms with Crippen molar-refractivity contribution in [1.82, 2.24) is 0 Å². The fraction of sp³-hybridized carbons (Fsp3) is 0.235. The van der Waals surface area contributed by atoms with Crippen molar-refractivity contribution in [3.63, 3.8) is 0 Å². The summed E-state index contributed by atoms with van der Waals surface area (Å²) in [4.78, 5) is 11.2. The molecule has 0 spiro atoms. The summed E-state index contributed by atoms with van der Waals surface area (Å²) in [6, 6.07) is 12.8. The highest BCUT2D eigenvalue weighted by Crippen LogP contribution is 2.18. The molecule has 0 heterocycles. The van der Waals surface area contributed by atoms with Gasteiger partial charge in [0.05, 0.1) is 4.90 Å². The van der Waals surface area contributed by atoms with E-state index in [0.717, 1.165) is 24.8 Å². The first kappa shape index (κ1) is 17.0. The second-order valence-electron chi connectivity index (χ2n) is 5.29. The maximum atomic E-state index is 12.3. The Hall–Kier alpha value is -2.34. The largest absolute Gasteiger partial charge is 0.366 e. The van der Waals surface area contributed by atoms with Crippen LogP contribution < -0.4 is 10.5 Å². The van der Waals surface area contributed by atoms with Crippen LogP contribution in [0.4, 0.5) is 5.69 Å². The van der Waals surface area contributed by atoms with Crippen molar-refractivity contribution in [2.24, 2.45) is 5.73 Å². The highest BCUT2D eigenvalue weighted by molar-refractivity contribution is 7.92. The number of nitrogens with one attached hydrogen (secondary N) is 1. The van der Waals surface area contributed by atoms with E-state index in [1.165, 1.54) is 24.3 Å². The molecule has 0 fully saturated rings. The SMILES string of the molecule is CCCCc1ccc(S(=O)(=O)Nc2ccc(C(N)=O)cc2)cc1. The Morgan fingerprint density at radius 3 is 2.17 bits per heavy atom. The number of primary amides is 1. The quantitative estimate of drug-likeness (QED) is 0.817. The molecule has 5 nitrogen and oxygen atoms in total. The lowest BCUT2D eigenvalue weighted by molar-refractivity contribution is 0.100. The van der Waals surface area contributed by atoms with Crippen LogP contribution in [0.2, 0.25) is 0 Å². The average molecular weight is 332 g/mol. The van der Waals surface area contributed by atoms with Crippen molar-refractivity contribution in [1.29, 1.82) is 0 Å². The first-order valence-corrected chi connectivity index (χ1v) is 8.92. The summed E-state index contributed by atoms with van der Waals surface area (Å²) in [5, 5.41) is 0. The molecule has 2 rings (SSSR count). The molecule has 0 atom stereocenters. The minimum Gasteiger partial charge on any atom is -0.366 e. The Morgan fingerprint density at radius 1 is 1.04 bits per heavy atom. The monoisotopic (exact) mass is 332 g/mol. The molecular weight excluding hydrogens is 312 g/mol. The first-order valence-electron chi connectivity index (χ1n) is 7.44. The smallest absolute Gasteiger partial charge is 0.261 e. The predicted molar refractivity (Wildman–Crippen MR) is 90.8 cm³/mol. The number of benzene rings is 2. The minimum atomic E-state index is -3.65. The second-order valence-corrected chi connectivity index (χ2v) is 6.98. The van der Waals surface area contributed by atoms with Crippen LogP contribution in [0.5, 0.6) is 0 Å². The van der Waals surface area contributed by atoms with Gasteiger partial charge in [-0.25, -0.2) is 8.42 Å². The molecule has 0 aromatic heterocycles. The van der Waals surface area contributed by atoms with Gasteiger partial charge in [-0.1, -0.05) is 25.5 Å². The molecular formula is C17H20N2O3S. The van der Waals surface area contributed by atoms with Crippen molar-refractivity contribution in [2.45, 2.75) is 31.1 Å². The second kappa shape index (κ2) is 7.28. The lowest BCUT2D eigenvalue weighted by atomic mass is 10.1. The molecule has 6 heteroatoms. The van der Waals surface area contributed by atoms with E-state index in [1.54, 1.807) is 12.1 Å². The topological polar surface area (TPSA) is 89.3 Å². The van der Waals surface area contributed by atoms with Crippen molar-refractivity contribution in [2.75, 3.05) is 4.72 Å². The Morgan fingerprint density at radius 2 is 1.65 bits per heavy atom. The van der Waals surface area contributed by atoms with E-state index in [1.807, 2.05) is 12.1 Å². The standard InChI is InChI=1S/C17H20N2O3S/c1-2-3-4-13-5-11-16(12-6-13)23(21,22)19-15-9-7-14(8-10-15)17(18)20/h5-12,19H,2-4H2,1H3,(H2,18,20). The van der Waals surface area contributed by atoms with Crippen molar-refractivity contribution >= 4 is 21.6 Å². The van der Waals surface area contributed by atoms with E-state index < -0.39 is 15.9 Å². The third kappa shape index (κ3) is 4.56. The zero-order valence-electron chi connectivity index (χ0n) is 13.0. The van der Waals surface area contributed by atoms with Crippen LogP contribution in [0.25, 0.3) is 0 Å². The molecule has 0 aliphatic rings. The molecule has 0 saturated carbocycles. The van der Waals surface area contributed by atoms with Crippen LogP contribution >= 0.6 is 0 Å². The molecule has 23 heavy (non-hydrogen) atoms. The number of hydrogen-bond acceptors (Lipinski definition) is 3. The number of rotatable bonds is 7. The Bertz CT molecular complexity index is 766. The van der Waals surface area contributed by atoms with Crippen LogP contribution in [0.3, 0.4) is 0 Å². The molecule has 0 saturated heterocycles. The van der Waals surface area contributed by atoms with Crippen molar-refractivity contribution in [3.8, 4) is 0 Å². The van der Waals surface area contributed by atoms with E-state index in [2.05, 4.69) is 11.6 Å². The van der Waals surface area contributed by atoms with Crippen molar-refractivity contribution < 1.29 is 13.2 Å². The normalized spacial score (nSPS) is 11.2. The lowest BCUT2D eigenvalue weighted by Crippen LogP contribution is -2.14. The summed E-state index contributed by atoms with van der Waals surface area (Å²) in [6.45, 7) is 2.12. The molecule has 2 aromatic carbocycles. The summed E-state index contributed by atoms with van der Waals surface area (Å²) < 4.78 is 27.2. The molecule has 3 N–H and O–H groups in total. The highest BCUT2D eigenvalue weighted by Gasteiger charge is 2.14. The molecule has 0 aliphatic carbocycles. The molecule has 0 bridgehead atoms. The number of unbranched alkanes of at least 4 members (excludes halogenated alkanes) is 1. The Kier molecular flexibility index (Phi) is 5.39. The Balaban J connectivity index is 2.13. The number of aryl methyl sites for hydroxylation is 1. The van der Waals surface area contributed by atoms with Gasteiger partial charge in [0, 0.05) is 11.3 Å². The molecule has 0 unspecified atom stereocenters. The number of nitrogens with two attached hydrogens (primary N) is 1. The van der Waals surface area contributed by atoms with E-state index in [4.69, 9.17) is 5.73 Å². The fourth-order valence-corrected chi connectivity index (χ4v) is 3.19. The van der Waals surface area contributed by atoms with E-state index >= 15 is 0 Å². The van der Waals surface area contributed by atoms with Crippen molar-refractivity contribution in [3.05, 3.63) is 59.7 Å². The molecule has 1 amide bonds. The highest BCUT2D eigenvalue weighted by atomic mass is 32.2. The van der Waals surface area contributed by atoms with Gasteiger partial charge in [0.2, 0.25) is 5.91 Å². The zero-order valence-corrected chi connectivity index (χ0v) is 13.8. The minimum absolute atomic E-state index is 0.205. The van der Waals surface area contributed by atoms with Crippen LogP contribution in [0, 0.1) is 0 Å². The summed E-state index contributed by atoms with van der Waals surface area (Å²) >= 11 is 0. The summed E-state index contributed by atoms with van der Waals surface area (Å²) in [6.07, 6.45) is 3.12. The Labute approximate surface area is 136 Å². The maximum absolute atomic E-state index is 12.3. The van der Waals surface area contributed by atoms with Crippen LogP contribution in [0.15, 0.2) is 53.4 Å². The number of hydrogen-bond donors (Lipinski definition) is 2. The van der Waals surface area contributed by atoms with Crippen LogP contribution in [0.1, 0.15) is 35.7 Å². The summed E-state index contributed by atoms with van der Waals surface area (Å²) in [5.74, 6) is -0.554. The van der Waals surface area contributed by atoms with Gasteiger partial charge in [-0.15, -0.1) is 0 Å². The van der Waals surface area contributed by atoms with E-state index in [0.29, 0.717) is 11.3 Å². The first-order chi connectivity index (χ1) is 10.9. The van der Waals surface area contributed by atoms with Crippen LogP contribution in [-0.2, 0) is 16.4 Å². The lowest BCUT2D eigenvalue weighted by Gasteiger charge is -2.09. The van der Waals surface area contributed by atoms with Gasteiger partial charge < -0.3 is 5.73 Å². The molecule has 2 aromatic rings. The van der Waals surface area contributed by atoms with Gasteiger partial charge in [-0.2, -0.15) is 0 Å². The van der Waals surface area contributed by atoms with Gasteiger partial charge in [0.15, 0.2) is 0 Å². The van der Waals surface area contributed by atoms with Gasteiger partial charge in [-0.05, 0) is 54.8 Å². The van der Waals surface area contributed by atoms with Gasteiger partial charge in [-0.3, -0.25) is 9.52 Å². The fourth-order valence-electron chi connectivity index (χ4n) is 2.13. The molecule has 0 radical (unpaired) electrons. The number of carbonyl (C=O) groups excluding carboxylic acids is 1. The van der Waals surface area contributed by atoms with Crippen LogP contribution in [-0.4, -0.2) is 14.3 Å². The number of amides is 1. The number of carbonyl (C=O) groups is 1. The summed E-state index contributed by atoms with van der Waals surface area (Å²) in [5.41, 5.74) is 6.98. The van der Waals surface area contributed by atoms with E-state index in [-0.39, 0.29) is 4.90 Å². The van der Waals surface area contributed by atoms with Gasteiger partial charge in [0.1, 0.15) is 0 Å².